The fourth-order valence-corrected chi connectivity index (χ4v) is 3.97. The average Bonchev–Trinajstić information content (AvgIpc) is 2.57. The molecule has 96 valence electrons. The molecule has 4 heteroatoms. The molecule has 2 saturated carbocycles. The van der Waals surface area contributed by atoms with Crippen molar-refractivity contribution >= 4 is 11.7 Å². The summed E-state index contributed by atoms with van der Waals surface area (Å²) >= 11 is 0. The molecule has 3 atom stereocenters. The molecule has 0 aromatic rings. The minimum atomic E-state index is -0.585. The van der Waals surface area contributed by atoms with Crippen LogP contribution in [0.2, 0.25) is 0 Å². The highest BCUT2D eigenvalue weighted by Crippen LogP contribution is 2.67. The number of rotatable bonds is 2. The molecule has 0 spiro atoms. The molecule has 0 aromatic carbocycles. The lowest BCUT2D eigenvalue weighted by Crippen LogP contribution is -2.29. The maximum Gasteiger partial charge on any atom is 0.332 e. The third kappa shape index (κ3) is 1.74. The Balaban J connectivity index is 2.16. The van der Waals surface area contributed by atoms with E-state index >= 15 is 0 Å². The van der Waals surface area contributed by atoms with Crippen LogP contribution >= 0.6 is 0 Å². The van der Waals surface area contributed by atoms with Crippen LogP contribution in [-0.4, -0.2) is 11.7 Å². The monoisotopic (exact) mass is 237 g/mol. The zero-order valence-corrected chi connectivity index (χ0v) is 11.2. The average molecular weight is 237 g/mol. The lowest BCUT2D eigenvalue weighted by atomic mass is 9.71. The van der Waals surface area contributed by atoms with Gasteiger partial charge in [0.05, 0.1) is 0 Å². The van der Waals surface area contributed by atoms with E-state index in [-0.39, 0.29) is 0 Å². The van der Waals surface area contributed by atoms with E-state index in [4.69, 9.17) is 5.73 Å². The van der Waals surface area contributed by atoms with Gasteiger partial charge in [0, 0.05) is 11.6 Å². The predicted octanol–water partition coefficient (Wildman–Crippen LogP) is 2.49. The molecule has 2 bridgehead atoms. The number of urea groups is 1. The van der Waals surface area contributed by atoms with Crippen molar-refractivity contribution in [3.05, 3.63) is 0 Å². The SMILES string of the molecule is CC(=NNC(N)=O)[C@@H]1C[C@@]2(C)CC[C@@H]1C2(C)C. The molecule has 2 fully saturated rings. The van der Waals surface area contributed by atoms with Gasteiger partial charge in [-0.3, -0.25) is 0 Å². The molecule has 4 nitrogen and oxygen atoms in total. The molecule has 0 aliphatic heterocycles. The number of nitrogens with zero attached hydrogens (tertiary/aromatic N) is 1. The van der Waals surface area contributed by atoms with Gasteiger partial charge in [0.25, 0.3) is 0 Å². The first kappa shape index (κ1) is 12.4. The summed E-state index contributed by atoms with van der Waals surface area (Å²) < 4.78 is 0. The Morgan fingerprint density at radius 2 is 2.06 bits per heavy atom. The number of amides is 2. The fourth-order valence-electron chi connectivity index (χ4n) is 3.97. The molecule has 0 saturated heterocycles. The first-order valence-corrected chi connectivity index (χ1v) is 6.37. The van der Waals surface area contributed by atoms with Crippen LogP contribution in [0, 0.1) is 22.7 Å². The molecule has 0 unspecified atom stereocenters. The highest BCUT2D eigenvalue weighted by atomic mass is 16.2. The Bertz CT molecular complexity index is 372. The maximum atomic E-state index is 10.7. The summed E-state index contributed by atoms with van der Waals surface area (Å²) in [4.78, 5) is 10.7. The van der Waals surface area contributed by atoms with Crippen LogP contribution in [0.1, 0.15) is 47.0 Å². The van der Waals surface area contributed by atoms with Crippen LogP contribution in [0.5, 0.6) is 0 Å². The van der Waals surface area contributed by atoms with Crippen LogP contribution in [0.15, 0.2) is 5.10 Å². The van der Waals surface area contributed by atoms with Crippen LogP contribution in [0.25, 0.3) is 0 Å². The van der Waals surface area contributed by atoms with Crippen molar-refractivity contribution in [1.29, 1.82) is 0 Å². The Labute approximate surface area is 103 Å². The molecule has 2 aliphatic rings. The van der Waals surface area contributed by atoms with E-state index in [1.807, 2.05) is 6.92 Å². The number of hydrogen-bond acceptors (Lipinski definition) is 2. The van der Waals surface area contributed by atoms with E-state index in [2.05, 4.69) is 31.3 Å². The van der Waals surface area contributed by atoms with Crippen LogP contribution in [-0.2, 0) is 0 Å². The van der Waals surface area contributed by atoms with Gasteiger partial charge in [0.1, 0.15) is 0 Å². The summed E-state index contributed by atoms with van der Waals surface area (Å²) in [6, 6.07) is -0.585. The number of nitrogens with two attached hydrogens (primary N) is 1. The van der Waals surface area contributed by atoms with Gasteiger partial charge < -0.3 is 5.73 Å². The number of fused-ring (bicyclic) bond motifs is 2. The summed E-state index contributed by atoms with van der Waals surface area (Å²) in [5.74, 6) is 1.18. The first-order valence-electron chi connectivity index (χ1n) is 6.37. The second-order valence-corrected chi connectivity index (χ2v) is 6.47. The zero-order chi connectivity index (χ0) is 12.8. The minimum Gasteiger partial charge on any atom is -0.350 e. The minimum absolute atomic E-state index is 0.376. The molecule has 2 rings (SSSR count). The molecule has 2 amide bonds. The van der Waals surface area contributed by atoms with Gasteiger partial charge in [-0.1, -0.05) is 20.8 Å². The van der Waals surface area contributed by atoms with Crippen LogP contribution < -0.4 is 11.2 Å². The first-order chi connectivity index (χ1) is 7.78. The van der Waals surface area contributed by atoms with E-state index < -0.39 is 6.03 Å². The predicted molar refractivity (Wildman–Crippen MR) is 68.5 cm³/mol. The van der Waals surface area contributed by atoms with Gasteiger partial charge in [-0.15, -0.1) is 0 Å². The largest absolute Gasteiger partial charge is 0.350 e. The van der Waals surface area contributed by atoms with Gasteiger partial charge in [-0.25, -0.2) is 10.2 Å². The normalized spacial score (nSPS) is 39.4. The van der Waals surface area contributed by atoms with E-state index in [0.29, 0.717) is 22.7 Å². The van der Waals surface area contributed by atoms with Crippen LogP contribution in [0.3, 0.4) is 0 Å². The lowest BCUT2D eigenvalue weighted by Gasteiger charge is -2.34. The third-order valence-corrected chi connectivity index (χ3v) is 5.52. The molecule has 2 aliphatic carbocycles. The van der Waals surface area contributed by atoms with E-state index in [9.17, 15) is 4.79 Å². The summed E-state index contributed by atoms with van der Waals surface area (Å²) in [6.45, 7) is 9.14. The van der Waals surface area contributed by atoms with Gasteiger partial charge in [0.2, 0.25) is 0 Å². The molecule has 17 heavy (non-hydrogen) atoms. The Morgan fingerprint density at radius 3 is 2.47 bits per heavy atom. The topological polar surface area (TPSA) is 67.5 Å². The van der Waals surface area contributed by atoms with Gasteiger partial charge in [-0.05, 0) is 42.9 Å². The summed E-state index contributed by atoms with van der Waals surface area (Å²) in [7, 11) is 0. The van der Waals surface area contributed by atoms with Crippen molar-refractivity contribution in [1.82, 2.24) is 5.43 Å². The third-order valence-electron chi connectivity index (χ3n) is 5.52. The second kappa shape index (κ2) is 3.72. The van der Waals surface area contributed by atoms with Crippen molar-refractivity contribution in [2.24, 2.45) is 33.5 Å². The van der Waals surface area contributed by atoms with E-state index in [1.54, 1.807) is 0 Å². The van der Waals surface area contributed by atoms with Crippen molar-refractivity contribution in [2.45, 2.75) is 47.0 Å². The Morgan fingerprint density at radius 1 is 1.41 bits per heavy atom. The van der Waals surface area contributed by atoms with Crippen molar-refractivity contribution < 1.29 is 4.79 Å². The van der Waals surface area contributed by atoms with Crippen molar-refractivity contribution in [3.63, 3.8) is 0 Å². The number of carbonyl (C=O) groups is 1. The van der Waals surface area contributed by atoms with Gasteiger partial charge in [0.15, 0.2) is 0 Å². The summed E-state index contributed by atoms with van der Waals surface area (Å²) in [5, 5.41) is 4.11. The Hall–Kier alpha value is -1.06. The zero-order valence-electron chi connectivity index (χ0n) is 11.2. The van der Waals surface area contributed by atoms with Crippen molar-refractivity contribution in [2.75, 3.05) is 0 Å². The van der Waals surface area contributed by atoms with Gasteiger partial charge >= 0.3 is 6.03 Å². The van der Waals surface area contributed by atoms with E-state index in [0.717, 1.165) is 5.71 Å². The van der Waals surface area contributed by atoms with Crippen LogP contribution in [0.4, 0.5) is 4.79 Å². The number of hydrogen-bond donors (Lipinski definition) is 2. The van der Waals surface area contributed by atoms with E-state index in [1.165, 1.54) is 19.3 Å². The number of hydrazone groups is 1. The quantitative estimate of drug-likeness (QED) is 0.562. The summed E-state index contributed by atoms with van der Waals surface area (Å²) in [5.41, 5.74) is 9.20. The molecular weight excluding hydrogens is 214 g/mol. The number of nitrogens with one attached hydrogen (secondary N) is 1. The molecular formula is C13H23N3O. The molecule has 0 aromatic heterocycles. The molecule has 0 heterocycles. The second-order valence-electron chi connectivity index (χ2n) is 6.47. The highest BCUT2D eigenvalue weighted by molar-refractivity contribution is 5.86. The fraction of sp³-hybridized carbons (Fsp3) is 0.846. The molecule has 0 radical (unpaired) electrons. The van der Waals surface area contributed by atoms with Gasteiger partial charge in [-0.2, -0.15) is 5.10 Å². The number of primary amides is 1. The highest BCUT2D eigenvalue weighted by Gasteiger charge is 2.60. The Kier molecular flexibility index (Phi) is 2.71. The summed E-state index contributed by atoms with van der Waals surface area (Å²) in [6.07, 6.45) is 3.77. The number of carbonyl (C=O) groups excluding carboxylic acids is 1. The standard InChI is InChI=1S/C13H23N3O/c1-8(15-16-11(14)17)9-7-13(4)6-5-10(9)12(13,2)3/h9-10H,5-7H2,1-4H3,(H3,14,16,17)/t9-,10-,13+/m0/s1. The maximum absolute atomic E-state index is 10.7. The van der Waals surface area contributed by atoms with Crippen molar-refractivity contribution in [3.8, 4) is 0 Å². The lowest BCUT2D eigenvalue weighted by molar-refractivity contribution is 0.152. The molecule has 3 N–H and O–H groups in total. The smallest absolute Gasteiger partial charge is 0.332 e.